The average molecular weight is 266 g/mol. The highest BCUT2D eigenvalue weighted by molar-refractivity contribution is 5.82. The van der Waals surface area contributed by atoms with Gasteiger partial charge in [-0.05, 0) is 18.6 Å². The highest BCUT2D eigenvalue weighted by Gasteiger charge is 2.10. The number of rotatable bonds is 3. The van der Waals surface area contributed by atoms with Crippen molar-refractivity contribution in [2.75, 3.05) is 0 Å². The first-order valence-electron chi connectivity index (χ1n) is 6.28. The number of hydrogen-bond acceptors (Lipinski definition) is 3. The molecule has 0 saturated carbocycles. The monoisotopic (exact) mass is 266 g/mol. The molecule has 2 aromatic heterocycles. The van der Waals surface area contributed by atoms with Gasteiger partial charge in [-0.2, -0.15) is 10.2 Å². The summed E-state index contributed by atoms with van der Waals surface area (Å²) in [5.41, 5.74) is 5.31. The standard InChI is InChI=1S/C15H14N4O/c1-10-11(9-20)4-3-5-13(10)15-6-14(17-18-15)12-7-16-19(2)8-12/h3-9H,1-2H3,(H,17,18). The third-order valence-corrected chi connectivity index (χ3v) is 3.37. The Hall–Kier alpha value is -2.69. The lowest BCUT2D eigenvalue weighted by atomic mass is 10.0. The number of H-pyrrole nitrogens is 1. The molecule has 0 fully saturated rings. The lowest BCUT2D eigenvalue weighted by Gasteiger charge is -2.04. The van der Waals surface area contributed by atoms with Crippen LogP contribution in [0.4, 0.5) is 0 Å². The molecule has 0 radical (unpaired) electrons. The third kappa shape index (κ3) is 2.03. The summed E-state index contributed by atoms with van der Waals surface area (Å²) in [4.78, 5) is 11.0. The van der Waals surface area contributed by atoms with Crippen LogP contribution in [0, 0.1) is 6.92 Å². The maximum absolute atomic E-state index is 11.0. The van der Waals surface area contributed by atoms with Gasteiger partial charge < -0.3 is 0 Å². The summed E-state index contributed by atoms with van der Waals surface area (Å²) in [6.07, 6.45) is 4.56. The van der Waals surface area contributed by atoms with E-state index in [9.17, 15) is 4.79 Å². The van der Waals surface area contributed by atoms with Crippen LogP contribution in [0.25, 0.3) is 22.5 Å². The maximum Gasteiger partial charge on any atom is 0.150 e. The van der Waals surface area contributed by atoms with Crippen molar-refractivity contribution in [3.05, 3.63) is 47.8 Å². The van der Waals surface area contributed by atoms with E-state index in [2.05, 4.69) is 15.3 Å². The molecule has 1 aromatic carbocycles. The zero-order valence-corrected chi connectivity index (χ0v) is 11.3. The smallest absolute Gasteiger partial charge is 0.150 e. The van der Waals surface area contributed by atoms with Crippen LogP contribution in [0.5, 0.6) is 0 Å². The minimum absolute atomic E-state index is 0.694. The molecule has 2 heterocycles. The lowest BCUT2D eigenvalue weighted by molar-refractivity contribution is 0.112. The van der Waals surface area contributed by atoms with Crippen molar-refractivity contribution >= 4 is 6.29 Å². The molecule has 20 heavy (non-hydrogen) atoms. The number of aromatic nitrogens is 4. The first kappa shape index (κ1) is 12.3. The van der Waals surface area contributed by atoms with Gasteiger partial charge >= 0.3 is 0 Å². The van der Waals surface area contributed by atoms with E-state index in [0.29, 0.717) is 5.56 Å². The fourth-order valence-electron chi connectivity index (χ4n) is 2.23. The average Bonchev–Trinajstić information content (AvgIpc) is 3.07. The van der Waals surface area contributed by atoms with Crippen LogP contribution in [-0.4, -0.2) is 26.3 Å². The Morgan fingerprint density at radius 3 is 2.90 bits per heavy atom. The second kappa shape index (κ2) is 4.77. The highest BCUT2D eigenvalue weighted by atomic mass is 16.1. The van der Waals surface area contributed by atoms with Crippen LogP contribution in [0.3, 0.4) is 0 Å². The molecule has 0 spiro atoms. The van der Waals surface area contributed by atoms with E-state index < -0.39 is 0 Å². The number of nitrogens with one attached hydrogen (secondary N) is 1. The highest BCUT2D eigenvalue weighted by Crippen LogP contribution is 2.27. The minimum Gasteiger partial charge on any atom is -0.298 e. The van der Waals surface area contributed by atoms with Gasteiger partial charge in [-0.25, -0.2) is 0 Å². The number of carbonyl (C=O) groups excluding carboxylic acids is 1. The second-order valence-corrected chi connectivity index (χ2v) is 4.71. The Labute approximate surface area is 116 Å². The first-order chi connectivity index (χ1) is 9.69. The SMILES string of the molecule is Cc1c(C=O)cccc1-c1cc(-c2cnn(C)c2)n[nH]1. The number of carbonyl (C=O) groups is 1. The summed E-state index contributed by atoms with van der Waals surface area (Å²) < 4.78 is 1.74. The Kier molecular flexibility index (Phi) is 2.95. The van der Waals surface area contributed by atoms with Gasteiger partial charge in [0.1, 0.15) is 6.29 Å². The number of nitrogens with zero attached hydrogens (tertiary/aromatic N) is 3. The van der Waals surface area contributed by atoms with Crippen molar-refractivity contribution in [1.82, 2.24) is 20.0 Å². The van der Waals surface area contributed by atoms with Crippen LogP contribution in [-0.2, 0) is 7.05 Å². The molecule has 3 rings (SSSR count). The van der Waals surface area contributed by atoms with E-state index >= 15 is 0 Å². The summed E-state index contributed by atoms with van der Waals surface area (Å²) in [6.45, 7) is 1.93. The van der Waals surface area contributed by atoms with Crippen molar-refractivity contribution in [2.24, 2.45) is 7.05 Å². The fourth-order valence-corrected chi connectivity index (χ4v) is 2.23. The zero-order valence-electron chi connectivity index (χ0n) is 11.3. The molecular formula is C15H14N4O. The Bertz CT molecular complexity index is 770. The summed E-state index contributed by atoms with van der Waals surface area (Å²) in [5, 5.41) is 11.5. The first-order valence-corrected chi connectivity index (χ1v) is 6.28. The van der Waals surface area contributed by atoms with E-state index in [1.165, 1.54) is 0 Å². The van der Waals surface area contributed by atoms with E-state index in [4.69, 9.17) is 0 Å². The molecule has 0 aliphatic rings. The zero-order chi connectivity index (χ0) is 14.1. The Morgan fingerprint density at radius 2 is 2.20 bits per heavy atom. The van der Waals surface area contributed by atoms with Crippen LogP contribution in [0.2, 0.25) is 0 Å². The normalized spacial score (nSPS) is 10.7. The number of benzene rings is 1. The number of hydrogen-bond donors (Lipinski definition) is 1. The van der Waals surface area contributed by atoms with Crippen molar-refractivity contribution < 1.29 is 4.79 Å². The molecule has 0 bridgehead atoms. The molecule has 0 aliphatic heterocycles. The number of aryl methyl sites for hydroxylation is 1. The molecular weight excluding hydrogens is 252 g/mol. The minimum atomic E-state index is 0.694. The Balaban J connectivity index is 2.04. The van der Waals surface area contributed by atoms with E-state index in [1.807, 2.05) is 44.4 Å². The van der Waals surface area contributed by atoms with Gasteiger partial charge in [0.05, 0.1) is 17.6 Å². The largest absolute Gasteiger partial charge is 0.298 e. The molecule has 0 unspecified atom stereocenters. The predicted octanol–water partition coefficient (Wildman–Crippen LogP) is 2.60. The topological polar surface area (TPSA) is 63.6 Å². The van der Waals surface area contributed by atoms with Crippen molar-refractivity contribution in [3.8, 4) is 22.5 Å². The van der Waals surface area contributed by atoms with Gasteiger partial charge in [0.15, 0.2) is 0 Å². The molecule has 0 saturated heterocycles. The summed E-state index contributed by atoms with van der Waals surface area (Å²) in [5.74, 6) is 0. The van der Waals surface area contributed by atoms with Gasteiger partial charge in [0, 0.05) is 29.9 Å². The molecule has 5 nitrogen and oxygen atoms in total. The van der Waals surface area contributed by atoms with E-state index in [1.54, 1.807) is 10.9 Å². The van der Waals surface area contributed by atoms with E-state index in [-0.39, 0.29) is 0 Å². The van der Waals surface area contributed by atoms with Crippen molar-refractivity contribution in [2.45, 2.75) is 6.92 Å². The van der Waals surface area contributed by atoms with Gasteiger partial charge in [0.25, 0.3) is 0 Å². The maximum atomic E-state index is 11.0. The molecule has 5 heteroatoms. The third-order valence-electron chi connectivity index (χ3n) is 3.37. The van der Waals surface area contributed by atoms with Crippen LogP contribution < -0.4 is 0 Å². The van der Waals surface area contributed by atoms with Crippen LogP contribution in [0.1, 0.15) is 15.9 Å². The van der Waals surface area contributed by atoms with Gasteiger partial charge in [0.2, 0.25) is 0 Å². The summed E-state index contributed by atoms with van der Waals surface area (Å²) in [6, 6.07) is 7.62. The van der Waals surface area contributed by atoms with Crippen molar-refractivity contribution in [1.29, 1.82) is 0 Å². The van der Waals surface area contributed by atoms with Gasteiger partial charge in [-0.15, -0.1) is 0 Å². The van der Waals surface area contributed by atoms with Crippen molar-refractivity contribution in [3.63, 3.8) is 0 Å². The van der Waals surface area contributed by atoms with Gasteiger partial charge in [-0.1, -0.05) is 18.2 Å². The van der Waals surface area contributed by atoms with Crippen LogP contribution >= 0.6 is 0 Å². The molecule has 100 valence electrons. The predicted molar refractivity (Wildman–Crippen MR) is 76.4 cm³/mol. The molecule has 0 aliphatic carbocycles. The Morgan fingerprint density at radius 1 is 1.35 bits per heavy atom. The number of aromatic amines is 1. The lowest BCUT2D eigenvalue weighted by Crippen LogP contribution is -1.90. The second-order valence-electron chi connectivity index (χ2n) is 4.71. The molecule has 3 aromatic rings. The molecule has 0 atom stereocenters. The fraction of sp³-hybridized carbons (Fsp3) is 0.133. The number of aldehydes is 1. The summed E-state index contributed by atoms with van der Waals surface area (Å²) in [7, 11) is 1.87. The summed E-state index contributed by atoms with van der Waals surface area (Å²) >= 11 is 0. The van der Waals surface area contributed by atoms with Crippen LogP contribution in [0.15, 0.2) is 36.7 Å². The molecule has 1 N–H and O–H groups in total. The van der Waals surface area contributed by atoms with Gasteiger partial charge in [-0.3, -0.25) is 14.6 Å². The quantitative estimate of drug-likeness (QED) is 0.741. The molecule has 0 amide bonds. The van der Waals surface area contributed by atoms with E-state index in [0.717, 1.165) is 34.4 Å².